The standard InChI is InChI=1S/C29H33N5O2/c1-34(2)24-9-7-23(8-10-24)33-29-27-15-21(6-13-28(27)31-19-32-29)22-14-26(17-30-16-22)36-18-20-4-11-25(35-3)12-5-20/h4-6,11-17,19,23-24H,7-10,18H2,1-3H3,(H,31,32,33)/t23-,24-. The van der Waals surface area contributed by atoms with Gasteiger partial charge in [-0.1, -0.05) is 18.2 Å². The average molecular weight is 484 g/mol. The molecule has 0 aliphatic heterocycles. The minimum atomic E-state index is 0.430. The Kier molecular flexibility index (Phi) is 7.28. The van der Waals surface area contributed by atoms with Crippen LogP contribution in [0.15, 0.2) is 67.3 Å². The van der Waals surface area contributed by atoms with E-state index < -0.39 is 0 Å². The number of rotatable bonds is 8. The van der Waals surface area contributed by atoms with Crippen molar-refractivity contribution in [3.8, 4) is 22.6 Å². The molecule has 7 nitrogen and oxygen atoms in total. The highest BCUT2D eigenvalue weighted by atomic mass is 16.5. The van der Waals surface area contributed by atoms with E-state index in [-0.39, 0.29) is 0 Å². The van der Waals surface area contributed by atoms with E-state index in [1.165, 1.54) is 12.8 Å². The first kappa shape index (κ1) is 24.0. The highest BCUT2D eigenvalue weighted by Crippen LogP contribution is 2.31. The molecule has 0 bridgehead atoms. The Balaban J connectivity index is 1.32. The van der Waals surface area contributed by atoms with Crippen LogP contribution in [0.3, 0.4) is 0 Å². The van der Waals surface area contributed by atoms with E-state index in [1.54, 1.807) is 19.6 Å². The molecule has 0 saturated heterocycles. The molecule has 5 rings (SSSR count). The van der Waals surface area contributed by atoms with Crippen molar-refractivity contribution in [3.05, 3.63) is 72.8 Å². The molecular formula is C29H33N5O2. The van der Waals surface area contributed by atoms with Gasteiger partial charge in [-0.25, -0.2) is 9.97 Å². The van der Waals surface area contributed by atoms with Crippen molar-refractivity contribution in [2.45, 2.75) is 44.4 Å². The maximum Gasteiger partial charge on any atom is 0.138 e. The second kappa shape index (κ2) is 10.9. The summed E-state index contributed by atoms with van der Waals surface area (Å²) in [4.78, 5) is 15.9. The van der Waals surface area contributed by atoms with Gasteiger partial charge in [-0.2, -0.15) is 0 Å². The molecule has 0 unspecified atom stereocenters. The van der Waals surface area contributed by atoms with Gasteiger partial charge in [0.1, 0.15) is 30.3 Å². The van der Waals surface area contributed by atoms with Gasteiger partial charge in [-0.05, 0) is 81.2 Å². The number of ether oxygens (including phenoxy) is 2. The number of pyridine rings is 1. The molecule has 7 heteroatoms. The van der Waals surface area contributed by atoms with Gasteiger partial charge in [-0.15, -0.1) is 0 Å². The van der Waals surface area contributed by atoms with Gasteiger partial charge in [0.2, 0.25) is 0 Å². The first-order valence-corrected chi connectivity index (χ1v) is 12.5. The number of methoxy groups -OCH3 is 1. The van der Waals surface area contributed by atoms with E-state index in [9.17, 15) is 0 Å². The zero-order chi connectivity index (χ0) is 24.9. The summed E-state index contributed by atoms with van der Waals surface area (Å²) in [5.74, 6) is 2.46. The van der Waals surface area contributed by atoms with Crippen molar-refractivity contribution in [3.63, 3.8) is 0 Å². The third kappa shape index (κ3) is 5.57. The van der Waals surface area contributed by atoms with E-state index in [4.69, 9.17) is 9.47 Å². The van der Waals surface area contributed by atoms with E-state index in [0.29, 0.717) is 18.7 Å². The molecule has 1 fully saturated rings. The van der Waals surface area contributed by atoms with Crippen LogP contribution in [-0.2, 0) is 6.61 Å². The van der Waals surface area contributed by atoms with Crippen molar-refractivity contribution < 1.29 is 9.47 Å². The van der Waals surface area contributed by atoms with Crippen LogP contribution in [0, 0.1) is 0 Å². The van der Waals surface area contributed by atoms with Crippen LogP contribution >= 0.6 is 0 Å². The van der Waals surface area contributed by atoms with Crippen molar-refractivity contribution in [1.29, 1.82) is 0 Å². The molecule has 1 N–H and O–H groups in total. The number of nitrogens with zero attached hydrogens (tertiary/aromatic N) is 4. The molecule has 0 spiro atoms. The van der Waals surface area contributed by atoms with Crippen molar-refractivity contribution in [2.24, 2.45) is 0 Å². The van der Waals surface area contributed by atoms with Crippen LogP contribution in [-0.4, -0.2) is 53.1 Å². The zero-order valence-electron chi connectivity index (χ0n) is 21.1. The third-order valence-corrected chi connectivity index (χ3v) is 7.01. The molecule has 1 aliphatic rings. The number of anilines is 1. The molecule has 1 saturated carbocycles. The highest BCUT2D eigenvalue weighted by Gasteiger charge is 2.23. The summed E-state index contributed by atoms with van der Waals surface area (Å²) in [7, 11) is 6.01. The topological polar surface area (TPSA) is 72.4 Å². The largest absolute Gasteiger partial charge is 0.497 e. The fourth-order valence-electron chi connectivity index (χ4n) is 4.83. The van der Waals surface area contributed by atoms with E-state index in [0.717, 1.165) is 57.8 Å². The number of fused-ring (bicyclic) bond motifs is 1. The zero-order valence-corrected chi connectivity index (χ0v) is 21.1. The summed E-state index contributed by atoms with van der Waals surface area (Å²) in [6, 6.07) is 17.3. The molecular weight excluding hydrogens is 450 g/mol. The van der Waals surface area contributed by atoms with Crippen LogP contribution < -0.4 is 14.8 Å². The molecule has 4 aromatic rings. The lowest BCUT2D eigenvalue weighted by molar-refractivity contribution is 0.221. The molecule has 1 aliphatic carbocycles. The van der Waals surface area contributed by atoms with Crippen LogP contribution in [0.2, 0.25) is 0 Å². The maximum absolute atomic E-state index is 6.02. The van der Waals surface area contributed by atoms with E-state index in [2.05, 4.69) is 51.4 Å². The summed E-state index contributed by atoms with van der Waals surface area (Å²) < 4.78 is 11.2. The minimum absolute atomic E-state index is 0.430. The lowest BCUT2D eigenvalue weighted by Gasteiger charge is -2.33. The summed E-state index contributed by atoms with van der Waals surface area (Å²) in [6.07, 6.45) is 9.94. The van der Waals surface area contributed by atoms with Gasteiger partial charge in [0.15, 0.2) is 0 Å². The Labute approximate surface area is 212 Å². The molecule has 0 atom stereocenters. The molecule has 2 heterocycles. The van der Waals surface area contributed by atoms with Gasteiger partial charge in [0.25, 0.3) is 0 Å². The van der Waals surface area contributed by atoms with Crippen molar-refractivity contribution in [2.75, 3.05) is 26.5 Å². The summed E-state index contributed by atoms with van der Waals surface area (Å²) in [5.41, 5.74) is 4.04. The summed E-state index contributed by atoms with van der Waals surface area (Å²) >= 11 is 0. The van der Waals surface area contributed by atoms with Crippen LogP contribution in [0.25, 0.3) is 22.0 Å². The minimum Gasteiger partial charge on any atom is -0.497 e. The Hall–Kier alpha value is -3.71. The SMILES string of the molecule is COc1ccc(COc2cncc(-c3ccc4ncnc(N[C@H]5CC[C@H](N(C)C)CC5)c4c3)c2)cc1. The first-order valence-electron chi connectivity index (χ1n) is 12.5. The van der Waals surface area contributed by atoms with E-state index in [1.807, 2.05) is 42.6 Å². The number of nitrogens with one attached hydrogen (secondary N) is 1. The predicted molar refractivity (Wildman–Crippen MR) is 143 cm³/mol. The quantitative estimate of drug-likeness (QED) is 0.351. The predicted octanol–water partition coefficient (Wildman–Crippen LogP) is 5.56. The number of aromatic nitrogens is 3. The Morgan fingerprint density at radius 2 is 1.69 bits per heavy atom. The van der Waals surface area contributed by atoms with E-state index >= 15 is 0 Å². The Morgan fingerprint density at radius 3 is 2.44 bits per heavy atom. The molecule has 0 radical (unpaired) electrons. The molecule has 36 heavy (non-hydrogen) atoms. The van der Waals surface area contributed by atoms with Gasteiger partial charge in [0.05, 0.1) is 18.8 Å². The monoisotopic (exact) mass is 483 g/mol. The first-order chi connectivity index (χ1) is 17.6. The lowest BCUT2D eigenvalue weighted by atomic mass is 9.90. The smallest absolute Gasteiger partial charge is 0.138 e. The Morgan fingerprint density at radius 1 is 0.889 bits per heavy atom. The summed E-state index contributed by atoms with van der Waals surface area (Å²) in [5, 5.41) is 4.72. The second-order valence-corrected chi connectivity index (χ2v) is 9.61. The molecule has 0 amide bonds. The molecule has 2 aromatic carbocycles. The van der Waals surface area contributed by atoms with Gasteiger partial charge >= 0.3 is 0 Å². The lowest BCUT2D eigenvalue weighted by Crippen LogP contribution is -2.36. The van der Waals surface area contributed by atoms with Gasteiger partial charge in [-0.3, -0.25) is 4.98 Å². The Bertz CT molecular complexity index is 1300. The fraction of sp³-hybridized carbons (Fsp3) is 0.345. The van der Waals surface area contributed by atoms with Crippen LogP contribution in [0.4, 0.5) is 5.82 Å². The van der Waals surface area contributed by atoms with Crippen molar-refractivity contribution in [1.82, 2.24) is 19.9 Å². The van der Waals surface area contributed by atoms with Crippen molar-refractivity contribution >= 4 is 16.7 Å². The van der Waals surface area contributed by atoms with Gasteiger partial charge in [0, 0.05) is 29.2 Å². The summed E-state index contributed by atoms with van der Waals surface area (Å²) in [6.45, 7) is 0.463. The van der Waals surface area contributed by atoms with Crippen LogP contribution in [0.1, 0.15) is 31.2 Å². The number of benzene rings is 2. The fourth-order valence-corrected chi connectivity index (χ4v) is 4.83. The second-order valence-electron chi connectivity index (χ2n) is 9.61. The molecule has 186 valence electrons. The third-order valence-electron chi connectivity index (χ3n) is 7.01. The number of hydrogen-bond acceptors (Lipinski definition) is 7. The average Bonchev–Trinajstić information content (AvgIpc) is 2.92. The van der Waals surface area contributed by atoms with Gasteiger partial charge < -0.3 is 19.7 Å². The van der Waals surface area contributed by atoms with Crippen LogP contribution in [0.5, 0.6) is 11.5 Å². The maximum atomic E-state index is 6.02. The number of hydrogen-bond donors (Lipinski definition) is 1. The highest BCUT2D eigenvalue weighted by molar-refractivity contribution is 5.92. The normalized spacial score (nSPS) is 17.8. The molecule has 2 aromatic heterocycles.